The Hall–Kier alpha value is -3.88. The molecule has 1 atom stereocenters. The van der Waals surface area contributed by atoms with Gasteiger partial charge in [0, 0.05) is 23.2 Å². The van der Waals surface area contributed by atoms with E-state index in [1.165, 1.54) is 12.0 Å². The maximum Gasteiger partial charge on any atom is 0.322 e. The van der Waals surface area contributed by atoms with E-state index in [1.807, 2.05) is 26.0 Å². The van der Waals surface area contributed by atoms with Crippen LogP contribution in [0.4, 0.5) is 4.79 Å². The van der Waals surface area contributed by atoms with Gasteiger partial charge in [-0.05, 0) is 43.7 Å². The molecule has 0 saturated carbocycles. The summed E-state index contributed by atoms with van der Waals surface area (Å²) in [4.78, 5) is 44.1. The van der Waals surface area contributed by atoms with Crippen molar-refractivity contribution < 1.29 is 23.5 Å². The van der Waals surface area contributed by atoms with Crippen molar-refractivity contribution in [1.29, 1.82) is 0 Å². The summed E-state index contributed by atoms with van der Waals surface area (Å²) in [5.74, 6) is 0.0149. The van der Waals surface area contributed by atoms with Gasteiger partial charge in [0.25, 0.3) is 11.8 Å². The van der Waals surface area contributed by atoms with Crippen LogP contribution in [0.15, 0.2) is 34.7 Å². The van der Waals surface area contributed by atoms with E-state index in [-0.39, 0.29) is 18.2 Å². The lowest BCUT2D eigenvalue weighted by Crippen LogP contribution is -2.52. The van der Waals surface area contributed by atoms with Crippen LogP contribution < -0.4 is 15.4 Å². The number of hydrogen-bond donors (Lipinski definition) is 2. The molecule has 31 heavy (non-hydrogen) atoms. The molecular weight excluding hydrogens is 400 g/mol. The zero-order valence-electron chi connectivity index (χ0n) is 17.2. The third kappa shape index (κ3) is 2.84. The van der Waals surface area contributed by atoms with Gasteiger partial charge in [0.1, 0.15) is 11.5 Å². The highest BCUT2D eigenvalue weighted by Gasteiger charge is 2.53. The van der Waals surface area contributed by atoms with Gasteiger partial charge in [0.05, 0.1) is 19.3 Å². The van der Waals surface area contributed by atoms with Crippen molar-refractivity contribution >= 4 is 28.8 Å². The molecule has 5 rings (SSSR count). The maximum absolute atomic E-state index is 13.1. The van der Waals surface area contributed by atoms with Gasteiger partial charge in [0.15, 0.2) is 11.1 Å². The number of ether oxygens (including phenoxy) is 1. The minimum absolute atomic E-state index is 0.0777. The highest BCUT2D eigenvalue weighted by molar-refractivity contribution is 6.08. The van der Waals surface area contributed by atoms with Crippen LogP contribution in [-0.2, 0) is 16.9 Å². The van der Waals surface area contributed by atoms with Crippen molar-refractivity contribution in [3.63, 3.8) is 0 Å². The largest absolute Gasteiger partial charge is 0.497 e. The standard InChI is InChI=1S/C22H20N4O5/c1-11-6-14-7-17(31-18(14)12(2)23-11)22(20(28)24-21(29)25-22)10-26-9-13-4-5-15(30-3)8-16(13)19(26)27/h4-8H,9-10H2,1-3H3,(H2,24,25,28,29)/t22-/m0/s1. The van der Waals surface area contributed by atoms with Gasteiger partial charge in [0.2, 0.25) is 0 Å². The molecule has 2 aliphatic rings. The van der Waals surface area contributed by atoms with Gasteiger partial charge < -0.3 is 19.4 Å². The second kappa shape index (κ2) is 6.56. The fourth-order valence-corrected chi connectivity index (χ4v) is 4.31. The van der Waals surface area contributed by atoms with E-state index in [0.717, 1.165) is 16.6 Å². The summed E-state index contributed by atoms with van der Waals surface area (Å²) in [5.41, 5.74) is 1.82. The molecule has 2 aliphatic heterocycles. The van der Waals surface area contributed by atoms with E-state index >= 15 is 0 Å². The first-order valence-corrected chi connectivity index (χ1v) is 9.79. The van der Waals surface area contributed by atoms with Crippen LogP contribution in [0.5, 0.6) is 5.75 Å². The quantitative estimate of drug-likeness (QED) is 0.625. The molecule has 0 unspecified atom stereocenters. The first-order chi connectivity index (χ1) is 14.8. The van der Waals surface area contributed by atoms with E-state index in [1.54, 1.807) is 18.2 Å². The van der Waals surface area contributed by atoms with Gasteiger partial charge in [-0.3, -0.25) is 19.9 Å². The van der Waals surface area contributed by atoms with Gasteiger partial charge in [-0.15, -0.1) is 0 Å². The predicted octanol–water partition coefficient (Wildman–Crippen LogP) is 2.14. The lowest BCUT2D eigenvalue weighted by Gasteiger charge is -2.29. The number of hydrogen-bond acceptors (Lipinski definition) is 6. The van der Waals surface area contributed by atoms with Gasteiger partial charge in [-0.2, -0.15) is 0 Å². The van der Waals surface area contributed by atoms with Crippen LogP contribution in [0.2, 0.25) is 0 Å². The number of carbonyl (C=O) groups is 3. The second-order valence-electron chi connectivity index (χ2n) is 7.88. The number of imide groups is 1. The van der Waals surface area contributed by atoms with Crippen LogP contribution in [0.25, 0.3) is 11.0 Å². The van der Waals surface area contributed by atoms with Crippen LogP contribution in [0, 0.1) is 13.8 Å². The average molecular weight is 420 g/mol. The molecule has 4 heterocycles. The fraction of sp³-hybridized carbons (Fsp3) is 0.273. The Morgan fingerprint density at radius 1 is 1.19 bits per heavy atom. The highest BCUT2D eigenvalue weighted by atomic mass is 16.5. The number of nitrogens with zero attached hydrogens (tertiary/aromatic N) is 2. The zero-order valence-corrected chi connectivity index (χ0v) is 17.2. The Kier molecular flexibility index (Phi) is 4.04. The van der Waals surface area contributed by atoms with E-state index in [9.17, 15) is 14.4 Å². The third-order valence-corrected chi connectivity index (χ3v) is 5.78. The number of urea groups is 1. The number of amides is 4. The van der Waals surface area contributed by atoms with Gasteiger partial charge in [-0.1, -0.05) is 6.07 Å². The molecule has 1 fully saturated rings. The first kappa shape index (κ1) is 19.1. The van der Waals surface area contributed by atoms with Crippen molar-refractivity contribution in [3.05, 3.63) is 58.6 Å². The van der Waals surface area contributed by atoms with Crippen LogP contribution in [-0.4, -0.2) is 41.4 Å². The van der Waals surface area contributed by atoms with Crippen LogP contribution in [0.1, 0.15) is 33.1 Å². The lowest BCUT2D eigenvalue weighted by molar-refractivity contribution is -0.125. The number of rotatable bonds is 4. The molecule has 9 heteroatoms. The topological polar surface area (TPSA) is 114 Å². The molecule has 9 nitrogen and oxygen atoms in total. The Bertz CT molecular complexity index is 1280. The normalized spacial score (nSPS) is 20.2. The van der Waals surface area contributed by atoms with Gasteiger partial charge in [-0.25, -0.2) is 4.79 Å². The number of nitrogens with one attached hydrogen (secondary N) is 2. The molecule has 2 N–H and O–H groups in total. The number of furan rings is 1. The van der Waals surface area contributed by atoms with Crippen molar-refractivity contribution in [3.8, 4) is 5.75 Å². The summed E-state index contributed by atoms with van der Waals surface area (Å²) in [5, 5.41) is 5.75. The zero-order chi connectivity index (χ0) is 21.9. The number of aromatic nitrogens is 1. The minimum atomic E-state index is -1.54. The van der Waals surface area contributed by atoms with E-state index in [4.69, 9.17) is 9.15 Å². The molecule has 2 aromatic heterocycles. The summed E-state index contributed by atoms with van der Waals surface area (Å²) >= 11 is 0. The molecule has 0 radical (unpaired) electrons. The van der Waals surface area contributed by atoms with Crippen molar-refractivity contribution in [2.75, 3.05) is 13.7 Å². The summed E-state index contributed by atoms with van der Waals surface area (Å²) in [7, 11) is 1.53. The monoisotopic (exact) mass is 420 g/mol. The molecule has 1 saturated heterocycles. The van der Waals surface area contributed by atoms with Crippen LogP contribution in [0.3, 0.4) is 0 Å². The van der Waals surface area contributed by atoms with Crippen molar-refractivity contribution in [2.24, 2.45) is 0 Å². The fourth-order valence-electron chi connectivity index (χ4n) is 4.31. The molecule has 3 aromatic rings. The number of fused-ring (bicyclic) bond motifs is 2. The highest BCUT2D eigenvalue weighted by Crippen LogP contribution is 2.35. The second-order valence-corrected chi connectivity index (χ2v) is 7.88. The minimum Gasteiger partial charge on any atom is -0.497 e. The third-order valence-electron chi connectivity index (χ3n) is 5.78. The number of benzene rings is 1. The summed E-state index contributed by atoms with van der Waals surface area (Å²) in [6.07, 6.45) is 0. The first-order valence-electron chi connectivity index (χ1n) is 9.79. The molecule has 1 aromatic carbocycles. The SMILES string of the molecule is COc1ccc2c(c1)C(=O)N(C[C@@]1(c3cc4cc(C)nc(C)c4o3)NC(=O)NC1=O)C2. The molecule has 0 bridgehead atoms. The average Bonchev–Trinajstić information content (AvgIpc) is 3.37. The number of aryl methyl sites for hydroxylation is 2. The number of methoxy groups -OCH3 is 1. The van der Waals surface area contributed by atoms with E-state index in [0.29, 0.717) is 29.1 Å². The molecular formula is C22H20N4O5. The smallest absolute Gasteiger partial charge is 0.322 e. The van der Waals surface area contributed by atoms with Crippen molar-refractivity contribution in [2.45, 2.75) is 25.9 Å². The van der Waals surface area contributed by atoms with E-state index in [2.05, 4.69) is 15.6 Å². The Morgan fingerprint density at radius 2 is 2.00 bits per heavy atom. The molecule has 158 valence electrons. The lowest BCUT2D eigenvalue weighted by atomic mass is 9.95. The van der Waals surface area contributed by atoms with Gasteiger partial charge >= 0.3 is 6.03 Å². The molecule has 0 aliphatic carbocycles. The maximum atomic E-state index is 13.1. The number of pyridine rings is 1. The van der Waals surface area contributed by atoms with E-state index < -0.39 is 17.5 Å². The Morgan fingerprint density at radius 3 is 2.71 bits per heavy atom. The molecule has 0 spiro atoms. The number of carbonyl (C=O) groups excluding carboxylic acids is 3. The summed E-state index contributed by atoms with van der Waals surface area (Å²) in [6.45, 7) is 3.92. The Balaban J connectivity index is 1.57. The van der Waals surface area contributed by atoms with Crippen molar-refractivity contribution in [1.82, 2.24) is 20.5 Å². The molecule has 4 amide bonds. The summed E-state index contributed by atoms with van der Waals surface area (Å²) < 4.78 is 11.2. The Labute approximate surface area is 177 Å². The summed E-state index contributed by atoms with van der Waals surface area (Å²) in [6, 6.07) is 8.22. The predicted molar refractivity (Wildman–Crippen MR) is 110 cm³/mol. The van der Waals surface area contributed by atoms with Crippen LogP contribution >= 0.6 is 0 Å².